The quantitative estimate of drug-likeness (QED) is 0.161. The van der Waals surface area contributed by atoms with Crippen molar-refractivity contribution in [2.45, 2.75) is 5.41 Å². The van der Waals surface area contributed by atoms with Gasteiger partial charge in [0.1, 0.15) is 0 Å². The Hall–Kier alpha value is -8.21. The van der Waals surface area contributed by atoms with Gasteiger partial charge >= 0.3 is 0 Å². The molecule has 0 amide bonds. The first kappa shape index (κ1) is 35.7. The minimum absolute atomic E-state index is 0.558. The molecule has 2 aromatic heterocycles. The van der Waals surface area contributed by atoms with Crippen molar-refractivity contribution in [1.29, 1.82) is 0 Å². The molecular weight excluding hydrogens is 753 g/mol. The van der Waals surface area contributed by atoms with E-state index in [1.165, 1.54) is 33.4 Å². The van der Waals surface area contributed by atoms with E-state index in [9.17, 15) is 0 Å². The second-order valence-electron chi connectivity index (χ2n) is 15.9. The van der Waals surface area contributed by atoms with Gasteiger partial charge in [-0.05, 0) is 73.8 Å². The molecule has 1 aliphatic carbocycles. The van der Waals surface area contributed by atoms with Gasteiger partial charge < -0.3 is 0 Å². The number of nitrogens with zero attached hydrogens (tertiary/aromatic N) is 4. The molecule has 2 heterocycles. The Morgan fingerprint density at radius 3 is 1.45 bits per heavy atom. The lowest BCUT2D eigenvalue weighted by atomic mass is 9.66. The van der Waals surface area contributed by atoms with Crippen molar-refractivity contribution in [3.8, 4) is 62.1 Å². The highest BCUT2D eigenvalue weighted by molar-refractivity contribution is 6.13. The van der Waals surface area contributed by atoms with Crippen LogP contribution >= 0.6 is 0 Å². The van der Waals surface area contributed by atoms with Crippen LogP contribution in [-0.4, -0.2) is 19.5 Å². The zero-order valence-corrected chi connectivity index (χ0v) is 33.7. The molecule has 11 aromatic rings. The first-order chi connectivity index (χ1) is 30.8. The molecule has 4 heteroatoms. The molecule has 0 unspecified atom stereocenters. The van der Waals surface area contributed by atoms with E-state index in [4.69, 9.17) is 15.0 Å². The molecule has 0 aliphatic heterocycles. The van der Waals surface area contributed by atoms with Crippen LogP contribution in [0.4, 0.5) is 0 Å². The van der Waals surface area contributed by atoms with Gasteiger partial charge in [-0.25, -0.2) is 4.98 Å². The highest BCUT2D eigenvalue weighted by atomic mass is 15.2. The van der Waals surface area contributed by atoms with E-state index in [2.05, 4.69) is 211 Å². The van der Waals surface area contributed by atoms with Gasteiger partial charge in [0.15, 0.2) is 11.6 Å². The maximum absolute atomic E-state index is 5.42. The second-order valence-corrected chi connectivity index (χ2v) is 15.9. The van der Waals surface area contributed by atoms with Crippen LogP contribution in [0.3, 0.4) is 0 Å². The summed E-state index contributed by atoms with van der Waals surface area (Å²) in [6.45, 7) is 0. The fourth-order valence-electron chi connectivity index (χ4n) is 9.86. The zero-order chi connectivity index (χ0) is 41.0. The van der Waals surface area contributed by atoms with Gasteiger partial charge in [-0.2, -0.15) is 9.97 Å². The fourth-order valence-corrected chi connectivity index (χ4v) is 9.86. The Bertz CT molecular complexity index is 3400. The molecule has 9 aromatic carbocycles. The molecule has 62 heavy (non-hydrogen) atoms. The van der Waals surface area contributed by atoms with E-state index >= 15 is 0 Å². The van der Waals surface area contributed by atoms with Crippen LogP contribution in [0.15, 0.2) is 231 Å². The Labute approximate surface area is 360 Å². The normalized spacial score (nSPS) is 12.6. The molecule has 0 N–H and O–H groups in total. The number of benzene rings is 9. The summed E-state index contributed by atoms with van der Waals surface area (Å²) in [6, 6.07) is 82.3. The molecule has 0 spiro atoms. The monoisotopic (exact) mass is 790 g/mol. The molecule has 0 atom stereocenters. The van der Waals surface area contributed by atoms with Crippen molar-refractivity contribution < 1.29 is 0 Å². The standard InChI is InChI=1S/C58H38N4/c1-5-19-39(20-6-1)42-25-17-26-44(37-42)56-59-55(41-23-9-3-10-24-41)60-57(61-56)62-52-34-18-33-51(54(52)48-36-35-43(38-53(48)62)40-21-7-2-8-22-40)58(45-27-11-4-12-28-45)49-31-15-13-29-46(49)47-30-14-16-32-50(47)58/h1-38H. The first-order valence-corrected chi connectivity index (χ1v) is 21.1. The van der Waals surface area contributed by atoms with Crippen molar-refractivity contribution in [2.75, 3.05) is 0 Å². The summed E-state index contributed by atoms with van der Waals surface area (Å²) in [5.41, 5.74) is 15.3. The van der Waals surface area contributed by atoms with Gasteiger partial charge in [-0.3, -0.25) is 4.57 Å². The molecule has 0 saturated carbocycles. The maximum Gasteiger partial charge on any atom is 0.238 e. The third-order valence-electron chi connectivity index (χ3n) is 12.5. The Balaban J connectivity index is 1.20. The summed E-state index contributed by atoms with van der Waals surface area (Å²) in [4.78, 5) is 16.0. The number of hydrogen-bond donors (Lipinski definition) is 0. The van der Waals surface area contributed by atoms with Gasteiger partial charge in [0, 0.05) is 21.9 Å². The molecule has 0 bridgehead atoms. The maximum atomic E-state index is 5.42. The highest BCUT2D eigenvalue weighted by Crippen LogP contribution is 2.58. The topological polar surface area (TPSA) is 43.6 Å². The van der Waals surface area contributed by atoms with Gasteiger partial charge in [-0.1, -0.05) is 212 Å². The third kappa shape index (κ3) is 5.58. The van der Waals surface area contributed by atoms with Crippen LogP contribution in [0.5, 0.6) is 0 Å². The van der Waals surface area contributed by atoms with Crippen LogP contribution in [0.25, 0.3) is 83.9 Å². The summed E-state index contributed by atoms with van der Waals surface area (Å²) in [5.74, 6) is 1.78. The van der Waals surface area contributed by atoms with E-state index in [0.29, 0.717) is 17.6 Å². The van der Waals surface area contributed by atoms with Gasteiger partial charge in [0.25, 0.3) is 0 Å². The average Bonchev–Trinajstić information content (AvgIpc) is 3.86. The van der Waals surface area contributed by atoms with E-state index < -0.39 is 5.41 Å². The van der Waals surface area contributed by atoms with Crippen molar-refractivity contribution in [3.63, 3.8) is 0 Å². The van der Waals surface area contributed by atoms with Gasteiger partial charge in [-0.15, -0.1) is 0 Å². The lowest BCUT2D eigenvalue weighted by Gasteiger charge is -2.34. The van der Waals surface area contributed by atoms with Crippen LogP contribution in [-0.2, 0) is 5.41 Å². The molecule has 290 valence electrons. The second kappa shape index (κ2) is 14.5. The molecule has 0 radical (unpaired) electrons. The summed E-state index contributed by atoms with van der Waals surface area (Å²) >= 11 is 0. The summed E-state index contributed by atoms with van der Waals surface area (Å²) in [6.07, 6.45) is 0. The number of rotatable bonds is 7. The number of aromatic nitrogens is 4. The first-order valence-electron chi connectivity index (χ1n) is 21.1. The Kier molecular flexibility index (Phi) is 8.36. The van der Waals surface area contributed by atoms with E-state index in [0.717, 1.165) is 55.2 Å². The van der Waals surface area contributed by atoms with Crippen molar-refractivity contribution in [3.05, 3.63) is 253 Å². The lowest BCUT2D eigenvalue weighted by molar-refractivity contribution is 0.777. The van der Waals surface area contributed by atoms with E-state index in [1.54, 1.807) is 0 Å². The predicted octanol–water partition coefficient (Wildman–Crippen LogP) is 14.0. The average molecular weight is 791 g/mol. The zero-order valence-electron chi connectivity index (χ0n) is 33.7. The fraction of sp³-hybridized carbons (Fsp3) is 0.0172. The van der Waals surface area contributed by atoms with Crippen molar-refractivity contribution >= 4 is 21.8 Å². The number of fused-ring (bicyclic) bond motifs is 6. The highest BCUT2D eigenvalue weighted by Gasteiger charge is 2.47. The lowest BCUT2D eigenvalue weighted by Crippen LogP contribution is -2.28. The molecule has 4 nitrogen and oxygen atoms in total. The minimum atomic E-state index is -0.609. The molecule has 1 aliphatic rings. The molecule has 0 fully saturated rings. The van der Waals surface area contributed by atoms with E-state index in [-0.39, 0.29) is 0 Å². The van der Waals surface area contributed by atoms with Crippen molar-refractivity contribution in [1.82, 2.24) is 19.5 Å². The Morgan fingerprint density at radius 1 is 0.323 bits per heavy atom. The molecule has 12 rings (SSSR count). The van der Waals surface area contributed by atoms with Gasteiger partial charge in [0.05, 0.1) is 16.4 Å². The van der Waals surface area contributed by atoms with Crippen LogP contribution in [0, 0.1) is 0 Å². The smallest absolute Gasteiger partial charge is 0.238 e. The number of hydrogen-bond acceptors (Lipinski definition) is 3. The third-order valence-corrected chi connectivity index (χ3v) is 12.5. The van der Waals surface area contributed by atoms with Crippen molar-refractivity contribution in [2.24, 2.45) is 0 Å². The largest absolute Gasteiger partial charge is 0.278 e. The van der Waals surface area contributed by atoms with Gasteiger partial charge in [0.2, 0.25) is 5.95 Å². The summed E-state index contributed by atoms with van der Waals surface area (Å²) in [7, 11) is 0. The summed E-state index contributed by atoms with van der Waals surface area (Å²) in [5, 5.41) is 2.29. The molecular formula is C58H38N4. The SMILES string of the molecule is c1ccc(-c2cccc(-c3nc(-c4ccccc4)nc(-n4c5cc(-c6ccccc6)ccc5c5c(C6(c7ccccc7)c7ccccc7-c7ccccc76)cccc54)n3)c2)cc1. The van der Waals surface area contributed by atoms with Crippen LogP contribution in [0.2, 0.25) is 0 Å². The van der Waals surface area contributed by atoms with E-state index in [1.807, 2.05) is 24.3 Å². The van der Waals surface area contributed by atoms with Crippen LogP contribution in [0.1, 0.15) is 22.3 Å². The predicted molar refractivity (Wildman–Crippen MR) is 253 cm³/mol. The summed E-state index contributed by atoms with van der Waals surface area (Å²) < 4.78 is 2.27. The molecule has 0 saturated heterocycles. The van der Waals surface area contributed by atoms with Crippen LogP contribution < -0.4 is 0 Å². The Morgan fingerprint density at radius 2 is 0.806 bits per heavy atom. The minimum Gasteiger partial charge on any atom is -0.278 e.